The van der Waals surface area contributed by atoms with Crippen LogP contribution in [0.2, 0.25) is 0 Å². The number of rotatable bonds is 2. The highest BCUT2D eigenvalue weighted by molar-refractivity contribution is 7.14. The van der Waals surface area contributed by atoms with Crippen molar-refractivity contribution in [2.24, 2.45) is 0 Å². The molecule has 1 saturated heterocycles. The van der Waals surface area contributed by atoms with Crippen molar-refractivity contribution in [1.29, 1.82) is 0 Å². The van der Waals surface area contributed by atoms with Gasteiger partial charge in [0.05, 0.1) is 24.2 Å². The van der Waals surface area contributed by atoms with Gasteiger partial charge in [-0.05, 0) is 37.3 Å². The lowest BCUT2D eigenvalue weighted by Crippen LogP contribution is -2.46. The predicted molar refractivity (Wildman–Crippen MR) is 82.9 cm³/mol. The second kappa shape index (κ2) is 6.90. The monoisotopic (exact) mass is 309 g/mol. The van der Waals surface area contributed by atoms with Crippen molar-refractivity contribution in [1.82, 2.24) is 4.90 Å². The van der Waals surface area contributed by atoms with Crippen LogP contribution in [0.25, 0.3) is 0 Å². The molecule has 1 unspecified atom stereocenters. The summed E-state index contributed by atoms with van der Waals surface area (Å²) >= 11 is 1.67. The molecule has 0 spiro atoms. The third kappa shape index (κ3) is 3.47. The summed E-state index contributed by atoms with van der Waals surface area (Å²) in [6.45, 7) is 1.61. The minimum Gasteiger partial charge on any atom is -0.394 e. The summed E-state index contributed by atoms with van der Waals surface area (Å²) in [5, 5.41) is 9.20. The first-order valence-electron chi connectivity index (χ1n) is 7.91. The smallest absolute Gasteiger partial charge is 0.264 e. The van der Waals surface area contributed by atoms with Crippen LogP contribution in [0.3, 0.4) is 0 Å². The van der Waals surface area contributed by atoms with Crippen LogP contribution in [-0.2, 0) is 17.6 Å². The van der Waals surface area contributed by atoms with Crippen LogP contribution in [0.4, 0.5) is 0 Å². The second-order valence-electron chi connectivity index (χ2n) is 5.90. The molecule has 1 aromatic heterocycles. The van der Waals surface area contributed by atoms with E-state index in [2.05, 4.69) is 6.07 Å². The lowest BCUT2D eigenvalue weighted by atomic mass is 10.00. The van der Waals surface area contributed by atoms with E-state index in [0.717, 1.165) is 17.7 Å². The highest BCUT2D eigenvalue weighted by Crippen LogP contribution is 2.29. The average molecular weight is 309 g/mol. The zero-order chi connectivity index (χ0) is 14.7. The van der Waals surface area contributed by atoms with Gasteiger partial charge in [0.1, 0.15) is 0 Å². The Morgan fingerprint density at radius 1 is 1.33 bits per heavy atom. The normalized spacial score (nSPS) is 23.3. The van der Waals surface area contributed by atoms with Crippen LogP contribution in [0.1, 0.15) is 45.8 Å². The molecule has 1 aromatic rings. The molecule has 0 saturated carbocycles. The van der Waals surface area contributed by atoms with Crippen molar-refractivity contribution >= 4 is 17.2 Å². The summed E-state index contributed by atoms with van der Waals surface area (Å²) in [7, 11) is 0. The van der Waals surface area contributed by atoms with Crippen molar-refractivity contribution in [3.05, 3.63) is 21.4 Å². The number of aryl methyl sites for hydroxylation is 2. The Kier molecular flexibility index (Phi) is 4.93. The number of thiophene rings is 1. The number of hydrogen-bond acceptors (Lipinski definition) is 4. The third-order valence-electron chi connectivity index (χ3n) is 4.34. The summed E-state index contributed by atoms with van der Waals surface area (Å²) in [5.74, 6) is 0.105. The molecule has 0 aromatic carbocycles. The number of morpholine rings is 1. The summed E-state index contributed by atoms with van der Waals surface area (Å²) in [6, 6.07) is 2.11. The highest BCUT2D eigenvalue weighted by Gasteiger charge is 2.26. The molecular formula is C16H23NO3S. The van der Waals surface area contributed by atoms with Gasteiger partial charge in [-0.1, -0.05) is 12.8 Å². The van der Waals surface area contributed by atoms with Crippen molar-refractivity contribution in [2.75, 3.05) is 26.3 Å². The van der Waals surface area contributed by atoms with E-state index in [0.29, 0.717) is 19.7 Å². The molecule has 0 bridgehead atoms. The molecule has 0 radical (unpaired) electrons. The molecule has 116 valence electrons. The van der Waals surface area contributed by atoms with Gasteiger partial charge in [0.25, 0.3) is 5.91 Å². The fraction of sp³-hybridized carbons (Fsp3) is 0.688. The van der Waals surface area contributed by atoms with Crippen LogP contribution in [-0.4, -0.2) is 48.3 Å². The molecule has 1 atom stereocenters. The maximum atomic E-state index is 12.7. The zero-order valence-corrected chi connectivity index (χ0v) is 13.2. The van der Waals surface area contributed by atoms with Crippen molar-refractivity contribution in [3.8, 4) is 0 Å². The van der Waals surface area contributed by atoms with E-state index in [-0.39, 0.29) is 18.6 Å². The SMILES string of the molecule is O=C(c1cc2c(s1)CCCCCC2)N1CCOC(CO)C1. The Morgan fingerprint density at radius 3 is 2.95 bits per heavy atom. The van der Waals surface area contributed by atoms with Gasteiger partial charge in [0.2, 0.25) is 0 Å². The number of ether oxygens (including phenoxy) is 1. The Morgan fingerprint density at radius 2 is 2.14 bits per heavy atom. The van der Waals surface area contributed by atoms with Crippen molar-refractivity contribution < 1.29 is 14.6 Å². The van der Waals surface area contributed by atoms with E-state index in [4.69, 9.17) is 4.74 Å². The predicted octanol–water partition coefficient (Wildman–Crippen LogP) is 2.24. The highest BCUT2D eigenvalue weighted by atomic mass is 32.1. The molecule has 1 fully saturated rings. The number of amides is 1. The Balaban J connectivity index is 1.73. The zero-order valence-electron chi connectivity index (χ0n) is 12.3. The van der Waals surface area contributed by atoms with Crippen LogP contribution in [0.15, 0.2) is 6.07 Å². The molecule has 1 aliphatic heterocycles. The molecule has 1 N–H and O–H groups in total. The van der Waals surface area contributed by atoms with E-state index in [9.17, 15) is 9.90 Å². The van der Waals surface area contributed by atoms with Crippen LogP contribution in [0, 0.1) is 0 Å². The average Bonchev–Trinajstić information content (AvgIpc) is 2.89. The second-order valence-corrected chi connectivity index (χ2v) is 7.04. The Hall–Kier alpha value is -0.910. The van der Waals surface area contributed by atoms with E-state index in [1.165, 1.54) is 36.1 Å². The summed E-state index contributed by atoms with van der Waals surface area (Å²) in [4.78, 5) is 16.7. The number of aliphatic hydroxyl groups excluding tert-OH is 1. The van der Waals surface area contributed by atoms with Gasteiger partial charge in [-0.2, -0.15) is 0 Å². The van der Waals surface area contributed by atoms with E-state index in [1.54, 1.807) is 11.3 Å². The van der Waals surface area contributed by atoms with Gasteiger partial charge in [-0.25, -0.2) is 0 Å². The number of carbonyl (C=O) groups excluding carboxylic acids is 1. The minimum atomic E-state index is -0.233. The van der Waals surface area contributed by atoms with E-state index >= 15 is 0 Å². The molecular weight excluding hydrogens is 286 g/mol. The fourth-order valence-corrected chi connectivity index (χ4v) is 4.34. The molecule has 1 aliphatic carbocycles. The number of aliphatic hydroxyl groups is 1. The van der Waals surface area contributed by atoms with Gasteiger partial charge in [0, 0.05) is 18.0 Å². The van der Waals surface area contributed by atoms with Gasteiger partial charge >= 0.3 is 0 Å². The lowest BCUT2D eigenvalue weighted by molar-refractivity contribution is -0.0446. The molecule has 21 heavy (non-hydrogen) atoms. The number of nitrogens with zero attached hydrogens (tertiary/aromatic N) is 1. The summed E-state index contributed by atoms with van der Waals surface area (Å²) < 4.78 is 5.42. The number of fused-ring (bicyclic) bond motifs is 1. The van der Waals surface area contributed by atoms with Gasteiger partial charge < -0.3 is 14.7 Å². The lowest BCUT2D eigenvalue weighted by Gasteiger charge is -2.31. The molecule has 1 amide bonds. The summed E-state index contributed by atoms with van der Waals surface area (Å²) in [5.41, 5.74) is 1.38. The largest absolute Gasteiger partial charge is 0.394 e. The molecule has 4 nitrogen and oxygen atoms in total. The quantitative estimate of drug-likeness (QED) is 0.911. The molecule has 2 heterocycles. The van der Waals surface area contributed by atoms with Crippen molar-refractivity contribution in [2.45, 2.75) is 44.6 Å². The van der Waals surface area contributed by atoms with Gasteiger partial charge in [-0.3, -0.25) is 4.79 Å². The van der Waals surface area contributed by atoms with E-state index < -0.39 is 0 Å². The van der Waals surface area contributed by atoms with Crippen LogP contribution < -0.4 is 0 Å². The Bertz CT molecular complexity index is 474. The number of hydrogen-bond donors (Lipinski definition) is 1. The first-order valence-corrected chi connectivity index (χ1v) is 8.73. The van der Waals surface area contributed by atoms with Gasteiger partial charge in [0.15, 0.2) is 0 Å². The molecule has 5 heteroatoms. The summed E-state index contributed by atoms with van der Waals surface area (Å²) in [6.07, 6.45) is 7.09. The van der Waals surface area contributed by atoms with Crippen LogP contribution >= 0.6 is 11.3 Å². The standard InChI is InChI=1S/C16H23NO3S/c18-11-13-10-17(7-8-20-13)16(19)15-9-12-5-3-1-2-4-6-14(12)21-15/h9,13,18H,1-8,10-11H2. The first kappa shape index (κ1) is 15.0. The van der Waals surface area contributed by atoms with Crippen LogP contribution in [0.5, 0.6) is 0 Å². The molecule has 3 rings (SSSR count). The maximum absolute atomic E-state index is 12.7. The fourth-order valence-electron chi connectivity index (χ4n) is 3.12. The minimum absolute atomic E-state index is 0.0231. The third-order valence-corrected chi connectivity index (χ3v) is 5.56. The van der Waals surface area contributed by atoms with E-state index in [1.807, 2.05) is 4.90 Å². The number of carbonyl (C=O) groups is 1. The molecule has 2 aliphatic rings. The maximum Gasteiger partial charge on any atom is 0.264 e. The Labute approximate surface area is 129 Å². The first-order chi connectivity index (χ1) is 10.3. The van der Waals surface area contributed by atoms with Gasteiger partial charge in [-0.15, -0.1) is 11.3 Å². The topological polar surface area (TPSA) is 49.8 Å². The van der Waals surface area contributed by atoms with Crippen molar-refractivity contribution in [3.63, 3.8) is 0 Å².